The zero-order valence-corrected chi connectivity index (χ0v) is 15.9. The minimum atomic E-state index is -1.46. The van der Waals surface area contributed by atoms with Crippen molar-refractivity contribution < 1.29 is 22.4 Å². The summed E-state index contributed by atoms with van der Waals surface area (Å²) in [6.07, 6.45) is 1.99. The Balaban J connectivity index is 1.79. The van der Waals surface area contributed by atoms with Gasteiger partial charge in [0.25, 0.3) is 0 Å². The Morgan fingerprint density at radius 3 is 2.75 bits per heavy atom. The number of halogens is 3. The number of furan rings is 1. The van der Waals surface area contributed by atoms with Gasteiger partial charge in [0.1, 0.15) is 5.76 Å². The Labute approximate surface area is 162 Å². The van der Waals surface area contributed by atoms with Crippen LogP contribution in [0.2, 0.25) is 0 Å². The van der Waals surface area contributed by atoms with Gasteiger partial charge in [0.2, 0.25) is 5.91 Å². The van der Waals surface area contributed by atoms with Crippen molar-refractivity contribution in [2.75, 3.05) is 40.3 Å². The molecule has 3 rings (SSSR count). The first-order valence-electron chi connectivity index (χ1n) is 9.23. The highest BCUT2D eigenvalue weighted by atomic mass is 19.2. The van der Waals surface area contributed by atoms with E-state index in [2.05, 4.69) is 5.32 Å². The molecule has 1 N–H and O–H groups in total. The second-order valence-electron chi connectivity index (χ2n) is 7.11. The van der Waals surface area contributed by atoms with Gasteiger partial charge in [0, 0.05) is 45.8 Å². The van der Waals surface area contributed by atoms with Gasteiger partial charge in [-0.1, -0.05) is 6.07 Å². The van der Waals surface area contributed by atoms with E-state index >= 15 is 0 Å². The van der Waals surface area contributed by atoms with Crippen molar-refractivity contribution >= 4 is 5.91 Å². The van der Waals surface area contributed by atoms with Gasteiger partial charge in [0.05, 0.1) is 18.2 Å². The van der Waals surface area contributed by atoms with E-state index in [4.69, 9.17) is 4.42 Å². The number of piperazine rings is 1. The number of hydrogen-bond donors (Lipinski definition) is 1. The lowest BCUT2D eigenvalue weighted by atomic mass is 9.97. The molecule has 0 saturated carbocycles. The molecule has 0 bridgehead atoms. The van der Waals surface area contributed by atoms with Gasteiger partial charge in [-0.05, 0) is 24.6 Å². The summed E-state index contributed by atoms with van der Waals surface area (Å²) >= 11 is 0. The minimum Gasteiger partial charge on any atom is -0.469 e. The quantitative estimate of drug-likeness (QED) is 0.765. The number of benzene rings is 1. The predicted molar refractivity (Wildman–Crippen MR) is 98.3 cm³/mol. The standard InChI is InChI=1S/C20H24F3N3O2/c1-25(2)20(27)14(17-4-3-11-28-17)7-9-26-10-8-24-12-16(26)13-5-6-15(21)19(23)18(13)22/h3-6,11,14,16,24H,7-10,12H2,1-2H3. The van der Waals surface area contributed by atoms with Crippen molar-refractivity contribution in [3.8, 4) is 0 Å². The monoisotopic (exact) mass is 395 g/mol. The van der Waals surface area contributed by atoms with Crippen molar-refractivity contribution in [1.29, 1.82) is 0 Å². The molecule has 2 heterocycles. The number of amides is 1. The van der Waals surface area contributed by atoms with Gasteiger partial charge < -0.3 is 14.6 Å². The molecule has 28 heavy (non-hydrogen) atoms. The van der Waals surface area contributed by atoms with Crippen molar-refractivity contribution in [2.45, 2.75) is 18.4 Å². The first kappa shape index (κ1) is 20.4. The molecule has 2 aromatic rings. The summed E-state index contributed by atoms with van der Waals surface area (Å²) < 4.78 is 46.8. The molecule has 152 valence electrons. The fourth-order valence-electron chi connectivity index (χ4n) is 3.60. The van der Waals surface area contributed by atoms with Crippen LogP contribution in [0.15, 0.2) is 34.9 Å². The summed E-state index contributed by atoms with van der Waals surface area (Å²) in [5.74, 6) is -3.80. The van der Waals surface area contributed by atoms with Crippen LogP contribution in [-0.2, 0) is 4.79 Å². The van der Waals surface area contributed by atoms with Gasteiger partial charge in [-0.3, -0.25) is 9.69 Å². The molecule has 5 nitrogen and oxygen atoms in total. The summed E-state index contributed by atoms with van der Waals surface area (Å²) in [5, 5.41) is 3.16. The molecule has 1 aliphatic rings. The van der Waals surface area contributed by atoms with Crippen LogP contribution in [0.4, 0.5) is 13.2 Å². The van der Waals surface area contributed by atoms with Crippen LogP contribution in [0.3, 0.4) is 0 Å². The summed E-state index contributed by atoms with van der Waals surface area (Å²) in [7, 11) is 3.37. The summed E-state index contributed by atoms with van der Waals surface area (Å²) in [6.45, 7) is 2.18. The van der Waals surface area contributed by atoms with Crippen LogP contribution in [0.1, 0.15) is 29.7 Å². The first-order chi connectivity index (χ1) is 13.4. The van der Waals surface area contributed by atoms with E-state index in [9.17, 15) is 18.0 Å². The number of nitrogens with one attached hydrogen (secondary N) is 1. The molecular formula is C20H24F3N3O2. The van der Waals surface area contributed by atoms with Crippen molar-refractivity contribution in [2.24, 2.45) is 0 Å². The SMILES string of the molecule is CN(C)C(=O)C(CCN1CCNCC1c1ccc(F)c(F)c1F)c1ccco1. The van der Waals surface area contributed by atoms with E-state index < -0.39 is 29.4 Å². The maximum Gasteiger partial charge on any atom is 0.232 e. The second-order valence-corrected chi connectivity index (χ2v) is 7.11. The maximum atomic E-state index is 14.3. The number of likely N-dealkylation sites (N-methyl/N-ethyl adjacent to an activating group) is 1. The lowest BCUT2D eigenvalue weighted by Gasteiger charge is -2.37. The maximum absolute atomic E-state index is 14.3. The Bertz CT molecular complexity index is 811. The average Bonchev–Trinajstić information content (AvgIpc) is 3.21. The number of carbonyl (C=O) groups is 1. The van der Waals surface area contributed by atoms with Crippen molar-refractivity contribution in [3.63, 3.8) is 0 Å². The molecule has 1 aliphatic heterocycles. The van der Waals surface area contributed by atoms with Crippen LogP contribution >= 0.6 is 0 Å². The Hall–Kier alpha value is -2.32. The Morgan fingerprint density at radius 1 is 1.29 bits per heavy atom. The zero-order chi connectivity index (χ0) is 20.3. The van der Waals surface area contributed by atoms with Crippen LogP contribution in [0, 0.1) is 17.5 Å². The molecule has 2 unspecified atom stereocenters. The molecule has 1 aromatic carbocycles. The van der Waals surface area contributed by atoms with Crippen LogP contribution in [-0.4, -0.2) is 56.0 Å². The Kier molecular flexibility index (Phi) is 6.41. The zero-order valence-electron chi connectivity index (χ0n) is 15.9. The summed E-state index contributed by atoms with van der Waals surface area (Å²) in [5.41, 5.74) is 0.111. The Morgan fingerprint density at radius 2 is 2.07 bits per heavy atom. The van der Waals surface area contributed by atoms with E-state index in [0.717, 1.165) is 6.07 Å². The molecular weight excluding hydrogens is 371 g/mol. The normalized spacial score (nSPS) is 18.8. The third-order valence-electron chi connectivity index (χ3n) is 5.11. The van der Waals surface area contributed by atoms with Gasteiger partial charge in [0.15, 0.2) is 17.5 Å². The number of hydrogen-bond acceptors (Lipinski definition) is 4. The predicted octanol–water partition coefficient (Wildman–Crippen LogP) is 2.91. The lowest BCUT2D eigenvalue weighted by Crippen LogP contribution is -2.47. The largest absolute Gasteiger partial charge is 0.469 e. The van der Waals surface area contributed by atoms with E-state index in [1.54, 1.807) is 26.2 Å². The van der Waals surface area contributed by atoms with Gasteiger partial charge in [-0.2, -0.15) is 0 Å². The van der Waals surface area contributed by atoms with E-state index in [1.165, 1.54) is 17.2 Å². The third kappa shape index (κ3) is 4.23. The smallest absolute Gasteiger partial charge is 0.232 e. The van der Waals surface area contributed by atoms with E-state index in [0.29, 0.717) is 38.4 Å². The third-order valence-corrected chi connectivity index (χ3v) is 5.11. The fourth-order valence-corrected chi connectivity index (χ4v) is 3.60. The molecule has 1 aromatic heterocycles. The molecule has 1 amide bonds. The highest BCUT2D eigenvalue weighted by Gasteiger charge is 2.31. The summed E-state index contributed by atoms with van der Waals surface area (Å²) in [4.78, 5) is 16.1. The molecule has 0 aliphatic carbocycles. The number of nitrogens with zero attached hydrogens (tertiary/aromatic N) is 2. The van der Waals surface area contributed by atoms with Crippen LogP contribution < -0.4 is 5.32 Å². The second kappa shape index (κ2) is 8.79. The molecule has 8 heteroatoms. The van der Waals surface area contributed by atoms with Crippen LogP contribution in [0.5, 0.6) is 0 Å². The first-order valence-corrected chi connectivity index (χ1v) is 9.23. The molecule has 0 radical (unpaired) electrons. The van der Waals surface area contributed by atoms with Gasteiger partial charge >= 0.3 is 0 Å². The molecule has 0 spiro atoms. The minimum absolute atomic E-state index is 0.0827. The van der Waals surface area contributed by atoms with E-state index in [-0.39, 0.29) is 11.5 Å². The van der Waals surface area contributed by atoms with Crippen molar-refractivity contribution in [1.82, 2.24) is 15.1 Å². The fraction of sp³-hybridized carbons (Fsp3) is 0.450. The van der Waals surface area contributed by atoms with Crippen molar-refractivity contribution in [3.05, 3.63) is 59.3 Å². The topological polar surface area (TPSA) is 48.7 Å². The average molecular weight is 395 g/mol. The number of carbonyl (C=O) groups excluding carboxylic acids is 1. The highest BCUT2D eigenvalue weighted by molar-refractivity contribution is 5.82. The van der Waals surface area contributed by atoms with Gasteiger partial charge in [-0.15, -0.1) is 0 Å². The van der Waals surface area contributed by atoms with E-state index in [1.807, 2.05) is 4.90 Å². The lowest BCUT2D eigenvalue weighted by molar-refractivity contribution is -0.131. The molecule has 1 fully saturated rings. The number of rotatable bonds is 6. The van der Waals surface area contributed by atoms with Gasteiger partial charge in [-0.25, -0.2) is 13.2 Å². The summed E-state index contributed by atoms with van der Waals surface area (Å²) in [6, 6.07) is 5.27. The van der Waals surface area contributed by atoms with Crippen LogP contribution in [0.25, 0.3) is 0 Å². The molecule has 1 saturated heterocycles. The molecule has 2 atom stereocenters. The highest BCUT2D eigenvalue weighted by Crippen LogP contribution is 2.29.